The van der Waals surface area contributed by atoms with E-state index in [0.717, 1.165) is 16.0 Å². The zero-order valence-electron chi connectivity index (χ0n) is 16.7. The van der Waals surface area contributed by atoms with Crippen molar-refractivity contribution in [3.63, 3.8) is 0 Å². The van der Waals surface area contributed by atoms with E-state index in [2.05, 4.69) is 0 Å². The van der Waals surface area contributed by atoms with Crippen LogP contribution in [0.15, 0.2) is 42.5 Å². The van der Waals surface area contributed by atoms with Gasteiger partial charge in [0.05, 0.1) is 6.54 Å². The van der Waals surface area contributed by atoms with Crippen LogP contribution in [0.4, 0.5) is 4.79 Å². The summed E-state index contributed by atoms with van der Waals surface area (Å²) in [5.41, 5.74) is 2.32. The third kappa shape index (κ3) is 4.58. The Hall–Kier alpha value is -2.08. The Bertz CT molecular complexity index is 902. The highest BCUT2D eigenvalue weighted by atomic mass is 35.5. The molecule has 29 heavy (non-hydrogen) atoms. The van der Waals surface area contributed by atoms with E-state index in [-0.39, 0.29) is 12.0 Å². The van der Waals surface area contributed by atoms with Gasteiger partial charge in [0.1, 0.15) is 6.17 Å². The van der Waals surface area contributed by atoms with Crippen LogP contribution in [0.1, 0.15) is 43.6 Å². The molecule has 0 aliphatic carbocycles. The molecule has 2 amide bonds. The summed E-state index contributed by atoms with van der Waals surface area (Å²) in [4.78, 5) is 27.0. The summed E-state index contributed by atoms with van der Waals surface area (Å²) in [5.74, 6) is -0.484. The molecule has 1 saturated heterocycles. The molecule has 2 aromatic rings. The van der Waals surface area contributed by atoms with Crippen molar-refractivity contribution in [2.75, 3.05) is 13.1 Å². The topological polar surface area (TPSA) is 60.9 Å². The minimum absolute atomic E-state index is 0.00250. The van der Waals surface area contributed by atoms with Crippen molar-refractivity contribution >= 4 is 35.2 Å². The molecule has 1 unspecified atom stereocenters. The molecule has 5 nitrogen and oxygen atoms in total. The Morgan fingerprint density at radius 1 is 1.14 bits per heavy atom. The van der Waals surface area contributed by atoms with Crippen molar-refractivity contribution in [2.24, 2.45) is 0 Å². The molecule has 1 aliphatic heterocycles. The zero-order chi connectivity index (χ0) is 21.3. The van der Waals surface area contributed by atoms with E-state index in [1.165, 1.54) is 0 Å². The summed E-state index contributed by atoms with van der Waals surface area (Å²) in [7, 11) is 0. The van der Waals surface area contributed by atoms with E-state index in [1.54, 1.807) is 12.1 Å². The number of rotatable bonds is 4. The molecule has 0 aromatic heterocycles. The summed E-state index contributed by atoms with van der Waals surface area (Å²) in [6.07, 6.45) is -1.49. The van der Waals surface area contributed by atoms with Gasteiger partial charge in [0, 0.05) is 22.2 Å². The van der Waals surface area contributed by atoms with Gasteiger partial charge >= 0.3 is 6.09 Å². The smallest absolute Gasteiger partial charge is 0.415 e. The van der Waals surface area contributed by atoms with Crippen molar-refractivity contribution in [1.29, 1.82) is 0 Å². The van der Waals surface area contributed by atoms with Gasteiger partial charge in [-0.1, -0.05) is 74.3 Å². The van der Waals surface area contributed by atoms with Gasteiger partial charge in [0.15, 0.2) is 0 Å². The van der Waals surface area contributed by atoms with Crippen LogP contribution in [0, 0.1) is 0 Å². The first-order valence-electron chi connectivity index (χ1n) is 9.42. The van der Waals surface area contributed by atoms with Gasteiger partial charge in [-0.2, -0.15) is 0 Å². The summed E-state index contributed by atoms with van der Waals surface area (Å²) in [5, 5.41) is 10.4. The van der Waals surface area contributed by atoms with Crippen LogP contribution in [0.5, 0.6) is 0 Å². The number of hydrogen-bond donors (Lipinski definition) is 1. The van der Waals surface area contributed by atoms with Crippen LogP contribution in [0.2, 0.25) is 10.0 Å². The van der Waals surface area contributed by atoms with E-state index in [9.17, 15) is 14.7 Å². The Balaban J connectivity index is 1.99. The third-order valence-electron chi connectivity index (χ3n) is 5.14. The van der Waals surface area contributed by atoms with Crippen molar-refractivity contribution in [1.82, 2.24) is 9.80 Å². The van der Waals surface area contributed by atoms with Gasteiger partial charge in [-0.05, 0) is 35.1 Å². The van der Waals surface area contributed by atoms with Crippen LogP contribution in [-0.2, 0) is 16.6 Å². The highest BCUT2D eigenvalue weighted by Gasteiger charge is 2.44. The van der Waals surface area contributed by atoms with Crippen LogP contribution in [-0.4, -0.2) is 40.0 Å². The molecule has 1 N–H and O–H groups in total. The molecule has 7 heteroatoms. The molecule has 154 valence electrons. The number of imide groups is 1. The lowest BCUT2D eigenvalue weighted by molar-refractivity contribution is -0.125. The lowest BCUT2D eigenvalue weighted by Crippen LogP contribution is -2.37. The number of benzene rings is 2. The molecular formula is C22H24Cl2N2O3. The number of carbonyl (C=O) groups is 2. The maximum absolute atomic E-state index is 12.5. The van der Waals surface area contributed by atoms with Crippen LogP contribution < -0.4 is 0 Å². The van der Waals surface area contributed by atoms with Crippen molar-refractivity contribution in [3.05, 3.63) is 69.2 Å². The van der Waals surface area contributed by atoms with Gasteiger partial charge in [-0.15, -0.1) is 0 Å². The second-order valence-electron chi connectivity index (χ2n) is 8.23. The summed E-state index contributed by atoms with van der Waals surface area (Å²) in [6, 6.07) is 13.4. The van der Waals surface area contributed by atoms with Crippen molar-refractivity contribution in [3.8, 4) is 0 Å². The average molecular weight is 435 g/mol. The Morgan fingerprint density at radius 3 is 2.24 bits per heavy atom. The third-order valence-corrected chi connectivity index (χ3v) is 5.76. The molecule has 1 aliphatic rings. The van der Waals surface area contributed by atoms with E-state index < -0.39 is 18.2 Å². The molecular weight excluding hydrogens is 411 g/mol. The van der Waals surface area contributed by atoms with Gasteiger partial charge in [0.2, 0.25) is 5.91 Å². The Labute approximate surface area is 180 Å². The SMILES string of the molecule is CC(C)(C)c1cc(Cl)c(C2N(CCc3ccccc3)CC(=O)N2C(=O)O)c(Cl)c1. The molecule has 0 radical (unpaired) electrons. The number of carbonyl (C=O) groups excluding carboxylic acids is 1. The fourth-order valence-electron chi connectivity index (χ4n) is 3.54. The first-order chi connectivity index (χ1) is 13.6. The number of nitrogens with zero attached hydrogens (tertiary/aromatic N) is 2. The molecule has 0 spiro atoms. The number of halogens is 2. The first kappa shape index (κ1) is 21.6. The van der Waals surface area contributed by atoms with Crippen molar-refractivity contribution in [2.45, 2.75) is 38.8 Å². The minimum atomic E-state index is -1.31. The Morgan fingerprint density at radius 2 is 1.72 bits per heavy atom. The zero-order valence-corrected chi connectivity index (χ0v) is 18.2. The largest absolute Gasteiger partial charge is 0.465 e. The van der Waals surface area contributed by atoms with Gasteiger partial charge in [0.25, 0.3) is 0 Å². The maximum Gasteiger partial charge on any atom is 0.415 e. The average Bonchev–Trinajstić information content (AvgIpc) is 2.95. The molecule has 3 rings (SSSR count). The quantitative estimate of drug-likeness (QED) is 0.703. The second-order valence-corrected chi connectivity index (χ2v) is 9.04. The first-order valence-corrected chi connectivity index (χ1v) is 10.2. The number of amides is 2. The Kier molecular flexibility index (Phi) is 6.22. The molecule has 1 heterocycles. The van der Waals surface area contributed by atoms with Gasteiger partial charge in [-0.25, -0.2) is 9.69 Å². The van der Waals surface area contributed by atoms with E-state index in [0.29, 0.717) is 28.6 Å². The maximum atomic E-state index is 12.5. The van der Waals surface area contributed by atoms with Crippen molar-refractivity contribution < 1.29 is 14.7 Å². The van der Waals surface area contributed by atoms with E-state index in [4.69, 9.17) is 23.2 Å². The van der Waals surface area contributed by atoms with E-state index in [1.807, 2.05) is 56.0 Å². The number of carboxylic acid groups (broad SMARTS) is 1. The molecule has 0 saturated carbocycles. The minimum Gasteiger partial charge on any atom is -0.465 e. The molecule has 1 fully saturated rings. The van der Waals surface area contributed by atoms with Gasteiger partial charge < -0.3 is 5.11 Å². The fraction of sp³-hybridized carbons (Fsp3) is 0.364. The lowest BCUT2D eigenvalue weighted by Gasteiger charge is -2.30. The van der Waals surface area contributed by atoms with Gasteiger partial charge in [-0.3, -0.25) is 9.69 Å². The van der Waals surface area contributed by atoms with E-state index >= 15 is 0 Å². The fourth-order valence-corrected chi connectivity index (χ4v) is 4.22. The van der Waals surface area contributed by atoms with Crippen LogP contribution >= 0.6 is 23.2 Å². The standard InChI is InChI=1S/C22H24Cl2N2O3/c1-22(2,3)15-11-16(23)19(17(24)12-15)20-25(13-18(27)26(20)21(28)29)10-9-14-7-5-4-6-8-14/h4-8,11-12,20H,9-10,13H2,1-3H3,(H,28,29). The summed E-state index contributed by atoms with van der Waals surface area (Å²) in [6.45, 7) is 6.63. The highest BCUT2D eigenvalue weighted by Crippen LogP contribution is 2.41. The highest BCUT2D eigenvalue weighted by molar-refractivity contribution is 6.36. The molecule has 0 bridgehead atoms. The second kappa shape index (κ2) is 8.34. The number of hydrogen-bond acceptors (Lipinski definition) is 3. The molecule has 2 aromatic carbocycles. The predicted octanol–water partition coefficient (Wildman–Crippen LogP) is 5.35. The van der Waals surface area contributed by atoms with Crippen LogP contribution in [0.25, 0.3) is 0 Å². The molecule has 1 atom stereocenters. The summed E-state index contributed by atoms with van der Waals surface area (Å²) >= 11 is 13.2. The normalized spacial score (nSPS) is 17.8. The van der Waals surface area contributed by atoms with Crippen LogP contribution in [0.3, 0.4) is 0 Å². The lowest BCUT2D eigenvalue weighted by atomic mass is 9.86. The summed E-state index contributed by atoms with van der Waals surface area (Å²) < 4.78 is 0. The predicted molar refractivity (Wildman–Crippen MR) is 114 cm³/mol. The monoisotopic (exact) mass is 434 g/mol.